The molecule has 1 heterocycles. The van der Waals surface area contributed by atoms with Gasteiger partial charge in [0.05, 0.1) is 0 Å². The maximum Gasteiger partial charge on any atom is 0.00957 e. The van der Waals surface area contributed by atoms with Crippen molar-refractivity contribution in [3.05, 3.63) is 22.4 Å². The molecule has 1 aromatic heterocycles. The molecule has 1 fully saturated rings. The third kappa shape index (κ3) is 1.65. The molecule has 0 amide bonds. The van der Waals surface area contributed by atoms with Crippen molar-refractivity contribution in [2.24, 2.45) is 5.92 Å². The quantitative estimate of drug-likeness (QED) is 0.765. The minimum atomic E-state index is 0.727. The first-order valence-corrected chi connectivity index (χ1v) is 5.96. The lowest BCUT2D eigenvalue weighted by Crippen LogP contribution is -2.28. The van der Waals surface area contributed by atoms with Crippen LogP contribution < -0.4 is 5.32 Å². The summed E-state index contributed by atoms with van der Waals surface area (Å²) >= 11 is 1.82. The van der Waals surface area contributed by atoms with E-state index in [1.165, 1.54) is 12.8 Å². The Morgan fingerprint density at radius 1 is 1.46 bits per heavy atom. The summed E-state index contributed by atoms with van der Waals surface area (Å²) in [6.45, 7) is 2.37. The topological polar surface area (TPSA) is 12.0 Å². The van der Waals surface area contributed by atoms with Crippen molar-refractivity contribution in [3.63, 3.8) is 0 Å². The summed E-state index contributed by atoms with van der Waals surface area (Å²) in [5, 5.41) is 7.90. The molecule has 0 bridgehead atoms. The SMILES string of the molecule is CNC1CCC(c2ccsc2)C1C. The molecular weight excluding hydrogens is 178 g/mol. The van der Waals surface area contributed by atoms with Crippen LogP contribution in [0.2, 0.25) is 0 Å². The smallest absolute Gasteiger partial charge is 0.00957 e. The zero-order valence-corrected chi connectivity index (χ0v) is 9.10. The van der Waals surface area contributed by atoms with Gasteiger partial charge in [0.1, 0.15) is 0 Å². The predicted molar refractivity (Wildman–Crippen MR) is 58.3 cm³/mol. The van der Waals surface area contributed by atoms with Gasteiger partial charge in [0, 0.05) is 6.04 Å². The molecule has 3 atom stereocenters. The zero-order chi connectivity index (χ0) is 9.26. The Labute approximate surface area is 84.2 Å². The van der Waals surface area contributed by atoms with E-state index >= 15 is 0 Å². The molecule has 0 radical (unpaired) electrons. The van der Waals surface area contributed by atoms with E-state index in [0.717, 1.165) is 17.9 Å². The Balaban J connectivity index is 2.11. The molecule has 1 saturated carbocycles. The van der Waals surface area contributed by atoms with Gasteiger partial charge in [-0.2, -0.15) is 11.3 Å². The molecule has 1 nitrogen and oxygen atoms in total. The Morgan fingerprint density at radius 2 is 2.31 bits per heavy atom. The number of thiophene rings is 1. The van der Waals surface area contributed by atoms with Crippen molar-refractivity contribution in [2.75, 3.05) is 7.05 Å². The summed E-state index contributed by atoms with van der Waals surface area (Å²) in [7, 11) is 2.08. The van der Waals surface area contributed by atoms with E-state index in [0.29, 0.717) is 0 Å². The Morgan fingerprint density at radius 3 is 2.85 bits per heavy atom. The highest BCUT2D eigenvalue weighted by molar-refractivity contribution is 7.07. The van der Waals surface area contributed by atoms with Gasteiger partial charge in [0.2, 0.25) is 0 Å². The lowest BCUT2D eigenvalue weighted by Gasteiger charge is -2.19. The van der Waals surface area contributed by atoms with E-state index in [9.17, 15) is 0 Å². The highest BCUT2D eigenvalue weighted by Crippen LogP contribution is 2.39. The molecule has 1 aliphatic carbocycles. The second-order valence-corrected chi connectivity index (χ2v) is 4.77. The lowest BCUT2D eigenvalue weighted by atomic mass is 9.91. The minimum Gasteiger partial charge on any atom is -0.317 e. The summed E-state index contributed by atoms with van der Waals surface area (Å²) in [5.41, 5.74) is 1.55. The van der Waals surface area contributed by atoms with Crippen molar-refractivity contribution >= 4 is 11.3 Å². The van der Waals surface area contributed by atoms with Crippen molar-refractivity contribution in [1.82, 2.24) is 5.32 Å². The number of hydrogen-bond donors (Lipinski definition) is 1. The Hall–Kier alpha value is -0.340. The van der Waals surface area contributed by atoms with Gasteiger partial charge in [0.25, 0.3) is 0 Å². The van der Waals surface area contributed by atoms with Crippen LogP contribution in [0.3, 0.4) is 0 Å². The second kappa shape index (κ2) is 3.81. The average Bonchev–Trinajstić information content (AvgIpc) is 2.72. The molecule has 1 N–H and O–H groups in total. The highest BCUT2D eigenvalue weighted by Gasteiger charge is 2.32. The number of nitrogens with one attached hydrogen (secondary N) is 1. The maximum absolute atomic E-state index is 3.41. The molecule has 0 aliphatic heterocycles. The average molecular weight is 195 g/mol. The zero-order valence-electron chi connectivity index (χ0n) is 8.29. The maximum atomic E-state index is 3.41. The predicted octanol–water partition coefficient (Wildman–Crippen LogP) is 2.85. The minimum absolute atomic E-state index is 0.727. The molecule has 0 spiro atoms. The van der Waals surface area contributed by atoms with Crippen LogP contribution in [-0.4, -0.2) is 13.1 Å². The van der Waals surface area contributed by atoms with E-state index in [4.69, 9.17) is 0 Å². The van der Waals surface area contributed by atoms with Crippen LogP contribution >= 0.6 is 11.3 Å². The van der Waals surface area contributed by atoms with Gasteiger partial charge in [-0.15, -0.1) is 0 Å². The van der Waals surface area contributed by atoms with Gasteiger partial charge in [-0.25, -0.2) is 0 Å². The summed E-state index contributed by atoms with van der Waals surface area (Å²) in [4.78, 5) is 0. The standard InChI is InChI=1S/C11H17NS/c1-8-10(3-4-11(8)12-2)9-5-6-13-7-9/h5-8,10-12H,3-4H2,1-2H3. The van der Waals surface area contributed by atoms with Gasteiger partial charge in [-0.3, -0.25) is 0 Å². The fourth-order valence-electron chi connectivity index (χ4n) is 2.53. The van der Waals surface area contributed by atoms with Crippen LogP contribution in [0.4, 0.5) is 0 Å². The van der Waals surface area contributed by atoms with E-state index in [2.05, 4.69) is 36.1 Å². The molecule has 72 valence electrons. The van der Waals surface area contributed by atoms with Crippen LogP contribution in [0.25, 0.3) is 0 Å². The first-order chi connectivity index (χ1) is 6.33. The van der Waals surface area contributed by atoms with E-state index in [-0.39, 0.29) is 0 Å². The lowest BCUT2D eigenvalue weighted by molar-refractivity contribution is 0.429. The summed E-state index contributed by atoms with van der Waals surface area (Å²) in [6.07, 6.45) is 2.68. The van der Waals surface area contributed by atoms with Crippen LogP contribution in [0.15, 0.2) is 16.8 Å². The normalized spacial score (nSPS) is 33.8. The number of rotatable bonds is 2. The number of hydrogen-bond acceptors (Lipinski definition) is 2. The monoisotopic (exact) mass is 195 g/mol. The largest absolute Gasteiger partial charge is 0.317 e. The van der Waals surface area contributed by atoms with E-state index in [1.807, 2.05) is 11.3 Å². The van der Waals surface area contributed by atoms with Gasteiger partial charge in [-0.1, -0.05) is 6.92 Å². The fraction of sp³-hybridized carbons (Fsp3) is 0.636. The third-order valence-corrected chi connectivity index (χ3v) is 4.10. The van der Waals surface area contributed by atoms with Gasteiger partial charge >= 0.3 is 0 Å². The van der Waals surface area contributed by atoms with E-state index in [1.54, 1.807) is 5.56 Å². The van der Waals surface area contributed by atoms with Gasteiger partial charge in [0.15, 0.2) is 0 Å². The van der Waals surface area contributed by atoms with Crippen LogP contribution in [-0.2, 0) is 0 Å². The fourth-order valence-corrected chi connectivity index (χ4v) is 3.25. The van der Waals surface area contributed by atoms with Crippen molar-refractivity contribution in [3.8, 4) is 0 Å². The summed E-state index contributed by atoms with van der Waals surface area (Å²) < 4.78 is 0. The molecule has 0 saturated heterocycles. The molecule has 2 rings (SSSR count). The summed E-state index contributed by atoms with van der Waals surface area (Å²) in [6, 6.07) is 3.01. The van der Waals surface area contributed by atoms with Crippen molar-refractivity contribution in [1.29, 1.82) is 0 Å². The first-order valence-electron chi connectivity index (χ1n) is 5.02. The Kier molecular flexibility index (Phi) is 2.70. The summed E-state index contributed by atoms with van der Waals surface area (Å²) in [5.74, 6) is 1.59. The van der Waals surface area contributed by atoms with Crippen molar-refractivity contribution < 1.29 is 0 Å². The van der Waals surface area contributed by atoms with Gasteiger partial charge < -0.3 is 5.32 Å². The van der Waals surface area contributed by atoms with Crippen LogP contribution in [0, 0.1) is 5.92 Å². The molecule has 1 aliphatic rings. The molecular formula is C11H17NS. The van der Waals surface area contributed by atoms with Crippen LogP contribution in [0.1, 0.15) is 31.2 Å². The molecule has 3 unspecified atom stereocenters. The van der Waals surface area contributed by atoms with Crippen LogP contribution in [0.5, 0.6) is 0 Å². The third-order valence-electron chi connectivity index (χ3n) is 3.40. The van der Waals surface area contributed by atoms with Gasteiger partial charge in [-0.05, 0) is 54.1 Å². The highest BCUT2D eigenvalue weighted by atomic mass is 32.1. The Bertz CT molecular complexity index is 255. The molecule has 0 aromatic carbocycles. The molecule has 2 heteroatoms. The second-order valence-electron chi connectivity index (χ2n) is 3.99. The first kappa shape index (κ1) is 9.22. The van der Waals surface area contributed by atoms with Crippen molar-refractivity contribution in [2.45, 2.75) is 31.7 Å². The van der Waals surface area contributed by atoms with E-state index < -0.39 is 0 Å². The molecule has 1 aromatic rings. The molecule has 13 heavy (non-hydrogen) atoms.